The number of carbonyl (C=O) groups excluding carboxylic acids is 2. The lowest BCUT2D eigenvalue weighted by atomic mass is 9.94. The molecule has 1 aliphatic heterocycles. The van der Waals surface area contributed by atoms with E-state index in [2.05, 4.69) is 23.9 Å². The molecule has 0 aromatic heterocycles. The van der Waals surface area contributed by atoms with Crippen molar-refractivity contribution in [1.29, 1.82) is 0 Å². The zero-order valence-corrected chi connectivity index (χ0v) is 14.4. The van der Waals surface area contributed by atoms with Gasteiger partial charge in [-0.1, -0.05) is 12.8 Å². The van der Waals surface area contributed by atoms with Crippen LogP contribution in [0.4, 0.5) is 0 Å². The molecule has 0 aromatic rings. The van der Waals surface area contributed by atoms with Gasteiger partial charge in [0.25, 0.3) is 0 Å². The Labute approximate surface area is 134 Å². The topological polar surface area (TPSA) is 43.9 Å². The van der Waals surface area contributed by atoms with Gasteiger partial charge >= 0.3 is 0 Å². The van der Waals surface area contributed by atoms with E-state index in [0.717, 1.165) is 51.9 Å². The second-order valence-corrected chi connectivity index (χ2v) is 7.05. The van der Waals surface area contributed by atoms with Crippen LogP contribution in [0.25, 0.3) is 0 Å². The highest BCUT2D eigenvalue weighted by Gasteiger charge is 2.33. The molecule has 0 N–H and O–H groups in total. The van der Waals surface area contributed by atoms with Gasteiger partial charge in [-0.05, 0) is 39.8 Å². The van der Waals surface area contributed by atoms with E-state index < -0.39 is 0 Å². The number of carbonyl (C=O) groups is 2. The Morgan fingerprint density at radius 1 is 1.00 bits per heavy atom. The normalized spacial score (nSPS) is 20.6. The van der Waals surface area contributed by atoms with Crippen molar-refractivity contribution in [3.8, 4) is 0 Å². The first kappa shape index (κ1) is 17.3. The first-order valence-corrected chi connectivity index (χ1v) is 8.69. The van der Waals surface area contributed by atoms with Gasteiger partial charge in [0.15, 0.2) is 0 Å². The van der Waals surface area contributed by atoms with E-state index in [1.807, 2.05) is 4.90 Å². The molecule has 1 saturated carbocycles. The first-order chi connectivity index (χ1) is 10.5. The van der Waals surface area contributed by atoms with E-state index in [0.29, 0.717) is 11.9 Å². The number of amides is 2. The molecular weight excluding hydrogens is 278 g/mol. The Balaban J connectivity index is 1.94. The number of likely N-dealkylation sites (tertiary alicyclic amines) is 1. The van der Waals surface area contributed by atoms with E-state index >= 15 is 0 Å². The van der Waals surface area contributed by atoms with Gasteiger partial charge in [0, 0.05) is 45.1 Å². The molecule has 1 aliphatic carbocycles. The molecule has 0 aromatic carbocycles. The van der Waals surface area contributed by atoms with E-state index in [1.165, 1.54) is 12.8 Å². The fourth-order valence-corrected chi connectivity index (χ4v) is 3.67. The fourth-order valence-electron chi connectivity index (χ4n) is 3.67. The van der Waals surface area contributed by atoms with Gasteiger partial charge < -0.3 is 14.7 Å². The molecule has 2 aliphatic rings. The zero-order valence-electron chi connectivity index (χ0n) is 14.4. The van der Waals surface area contributed by atoms with Crippen LogP contribution in [0.5, 0.6) is 0 Å². The number of hydrogen-bond donors (Lipinski definition) is 0. The predicted molar refractivity (Wildman–Crippen MR) is 87.5 cm³/mol. The maximum atomic E-state index is 13.0. The largest absolute Gasteiger partial charge is 0.343 e. The van der Waals surface area contributed by atoms with Gasteiger partial charge in [-0.15, -0.1) is 0 Å². The second-order valence-electron chi connectivity index (χ2n) is 7.05. The highest BCUT2D eigenvalue weighted by atomic mass is 16.2. The molecule has 126 valence electrons. The number of piperidine rings is 1. The van der Waals surface area contributed by atoms with Gasteiger partial charge in [-0.25, -0.2) is 0 Å². The average molecular weight is 309 g/mol. The van der Waals surface area contributed by atoms with Crippen molar-refractivity contribution in [1.82, 2.24) is 14.7 Å². The number of likely N-dealkylation sites (N-methyl/N-ethyl adjacent to an activating group) is 1. The minimum atomic E-state index is 0.110. The van der Waals surface area contributed by atoms with Gasteiger partial charge in [0.05, 0.1) is 0 Å². The van der Waals surface area contributed by atoms with E-state index in [1.54, 1.807) is 6.92 Å². The molecule has 2 fully saturated rings. The lowest BCUT2D eigenvalue weighted by Crippen LogP contribution is -2.48. The number of hydrogen-bond acceptors (Lipinski definition) is 3. The summed E-state index contributed by atoms with van der Waals surface area (Å²) in [7, 11) is 4.12. The molecule has 2 rings (SSSR count). The van der Waals surface area contributed by atoms with Crippen molar-refractivity contribution in [2.75, 3.05) is 40.3 Å². The lowest BCUT2D eigenvalue weighted by Gasteiger charge is -2.37. The van der Waals surface area contributed by atoms with Gasteiger partial charge in [0.1, 0.15) is 0 Å². The van der Waals surface area contributed by atoms with Gasteiger partial charge in [-0.2, -0.15) is 0 Å². The molecule has 1 saturated heterocycles. The highest BCUT2D eigenvalue weighted by molar-refractivity contribution is 5.80. The standard InChI is InChI=1S/C17H31N3O2/c1-14(21)19-10-8-15(9-11-19)17(22)20(13-12-18(2)3)16-6-4-5-7-16/h15-16H,4-13H2,1-3H3. The predicted octanol–water partition coefficient (Wildman–Crippen LogP) is 1.58. The summed E-state index contributed by atoms with van der Waals surface area (Å²) in [6.07, 6.45) is 6.46. The van der Waals surface area contributed by atoms with Crippen molar-refractivity contribution in [2.24, 2.45) is 5.92 Å². The van der Waals surface area contributed by atoms with Crippen molar-refractivity contribution >= 4 is 11.8 Å². The molecule has 5 nitrogen and oxygen atoms in total. The molecular formula is C17H31N3O2. The zero-order chi connectivity index (χ0) is 16.1. The van der Waals surface area contributed by atoms with Crippen LogP contribution in [0, 0.1) is 5.92 Å². The SMILES string of the molecule is CC(=O)N1CCC(C(=O)N(CCN(C)C)C2CCCC2)CC1. The smallest absolute Gasteiger partial charge is 0.226 e. The molecule has 0 unspecified atom stereocenters. The van der Waals surface area contributed by atoms with Crippen LogP contribution < -0.4 is 0 Å². The van der Waals surface area contributed by atoms with Crippen molar-refractivity contribution in [3.05, 3.63) is 0 Å². The summed E-state index contributed by atoms with van der Waals surface area (Å²) in [5.41, 5.74) is 0. The van der Waals surface area contributed by atoms with Crippen LogP contribution >= 0.6 is 0 Å². The van der Waals surface area contributed by atoms with Crippen LogP contribution in [0.2, 0.25) is 0 Å². The third kappa shape index (κ3) is 4.45. The summed E-state index contributed by atoms with van der Waals surface area (Å²) in [4.78, 5) is 30.6. The molecule has 0 radical (unpaired) electrons. The molecule has 0 spiro atoms. The third-order valence-electron chi connectivity index (χ3n) is 5.13. The Bertz CT molecular complexity index is 383. The van der Waals surface area contributed by atoms with Crippen molar-refractivity contribution < 1.29 is 9.59 Å². The average Bonchev–Trinajstić information content (AvgIpc) is 3.01. The molecule has 22 heavy (non-hydrogen) atoms. The Hall–Kier alpha value is -1.10. The van der Waals surface area contributed by atoms with Crippen LogP contribution in [0.1, 0.15) is 45.4 Å². The summed E-state index contributed by atoms with van der Waals surface area (Å²) < 4.78 is 0. The van der Waals surface area contributed by atoms with Gasteiger partial charge in [-0.3, -0.25) is 9.59 Å². The first-order valence-electron chi connectivity index (χ1n) is 8.69. The quantitative estimate of drug-likeness (QED) is 0.774. The second kappa shape index (κ2) is 7.95. The Morgan fingerprint density at radius 3 is 2.09 bits per heavy atom. The summed E-state index contributed by atoms with van der Waals surface area (Å²) in [6, 6.07) is 0.443. The Kier molecular flexibility index (Phi) is 6.24. The lowest BCUT2D eigenvalue weighted by molar-refractivity contribution is -0.142. The summed E-state index contributed by atoms with van der Waals surface area (Å²) >= 11 is 0. The summed E-state index contributed by atoms with van der Waals surface area (Å²) in [5, 5.41) is 0. The highest BCUT2D eigenvalue weighted by Crippen LogP contribution is 2.27. The van der Waals surface area contributed by atoms with Gasteiger partial charge in [0.2, 0.25) is 11.8 Å². The number of nitrogens with zero attached hydrogens (tertiary/aromatic N) is 3. The molecule has 1 heterocycles. The monoisotopic (exact) mass is 309 g/mol. The van der Waals surface area contributed by atoms with E-state index in [-0.39, 0.29) is 11.8 Å². The fraction of sp³-hybridized carbons (Fsp3) is 0.882. The van der Waals surface area contributed by atoms with E-state index in [9.17, 15) is 9.59 Å². The van der Waals surface area contributed by atoms with Crippen molar-refractivity contribution in [3.63, 3.8) is 0 Å². The third-order valence-corrected chi connectivity index (χ3v) is 5.13. The van der Waals surface area contributed by atoms with Crippen LogP contribution in [0.15, 0.2) is 0 Å². The summed E-state index contributed by atoms with van der Waals surface area (Å²) in [6.45, 7) is 4.85. The molecule has 0 bridgehead atoms. The van der Waals surface area contributed by atoms with Crippen LogP contribution in [0.3, 0.4) is 0 Å². The molecule has 5 heteroatoms. The molecule has 2 amide bonds. The Morgan fingerprint density at radius 2 is 1.59 bits per heavy atom. The van der Waals surface area contributed by atoms with Crippen LogP contribution in [-0.2, 0) is 9.59 Å². The molecule has 0 atom stereocenters. The van der Waals surface area contributed by atoms with E-state index in [4.69, 9.17) is 0 Å². The minimum absolute atomic E-state index is 0.110. The van der Waals surface area contributed by atoms with Crippen molar-refractivity contribution in [2.45, 2.75) is 51.5 Å². The summed E-state index contributed by atoms with van der Waals surface area (Å²) in [5.74, 6) is 0.571. The number of rotatable bonds is 5. The van der Waals surface area contributed by atoms with Crippen LogP contribution in [-0.4, -0.2) is 72.8 Å². The maximum absolute atomic E-state index is 13.0. The maximum Gasteiger partial charge on any atom is 0.226 e. The minimum Gasteiger partial charge on any atom is -0.343 e.